The number of rotatable bonds is 1. The first-order chi connectivity index (χ1) is 6.27. The predicted molar refractivity (Wildman–Crippen MR) is 51.0 cm³/mol. The molecule has 1 atom stereocenters. The summed E-state index contributed by atoms with van der Waals surface area (Å²) in [5.41, 5.74) is 7.23. The summed E-state index contributed by atoms with van der Waals surface area (Å²) in [6.45, 7) is 0. The maximum atomic E-state index is 10.9. The minimum absolute atomic E-state index is 0.241. The van der Waals surface area contributed by atoms with Gasteiger partial charge in [0.05, 0.1) is 11.6 Å². The molecule has 0 aliphatic carbocycles. The van der Waals surface area contributed by atoms with Crippen LogP contribution in [-0.4, -0.2) is 12.1 Å². The fourth-order valence-corrected chi connectivity index (χ4v) is 1.44. The smallest absolute Gasteiger partial charge is 0.226 e. The van der Waals surface area contributed by atoms with Crippen LogP contribution in [-0.2, 0) is 11.2 Å². The largest absolute Gasteiger partial charge is 0.369 e. The summed E-state index contributed by atoms with van der Waals surface area (Å²) in [4.78, 5) is 15.1. The Morgan fingerprint density at radius 1 is 1.46 bits per heavy atom. The first kappa shape index (κ1) is 7.98. The molecule has 0 bridgehead atoms. The van der Waals surface area contributed by atoms with Crippen molar-refractivity contribution in [3.63, 3.8) is 0 Å². The minimum Gasteiger partial charge on any atom is -0.369 e. The van der Waals surface area contributed by atoms with Crippen LogP contribution >= 0.6 is 0 Å². The predicted octanol–water partition coefficient (Wildman–Crippen LogP) is 1.05. The number of fused-ring (bicyclic) bond motifs is 1. The molecular formula is C10H10N2O. The van der Waals surface area contributed by atoms with Crippen LogP contribution in [0.2, 0.25) is 0 Å². The molecule has 3 heteroatoms. The van der Waals surface area contributed by atoms with Crippen LogP contribution in [0.25, 0.3) is 0 Å². The quantitative estimate of drug-likeness (QED) is 0.679. The highest BCUT2D eigenvalue weighted by Gasteiger charge is 2.18. The Morgan fingerprint density at radius 3 is 3.00 bits per heavy atom. The van der Waals surface area contributed by atoms with E-state index < -0.39 is 0 Å². The van der Waals surface area contributed by atoms with E-state index in [1.807, 2.05) is 24.3 Å². The first-order valence-electron chi connectivity index (χ1n) is 4.19. The number of primary amides is 1. The maximum absolute atomic E-state index is 10.9. The third-order valence-electron chi connectivity index (χ3n) is 2.19. The van der Waals surface area contributed by atoms with Crippen molar-refractivity contribution < 1.29 is 4.79 Å². The van der Waals surface area contributed by atoms with Gasteiger partial charge in [0.25, 0.3) is 0 Å². The van der Waals surface area contributed by atoms with Gasteiger partial charge in [-0.05, 0) is 18.1 Å². The second-order valence-corrected chi connectivity index (χ2v) is 3.12. The molecule has 1 aliphatic rings. The highest BCUT2D eigenvalue weighted by atomic mass is 16.1. The van der Waals surface area contributed by atoms with E-state index in [1.165, 1.54) is 0 Å². The molecule has 0 saturated heterocycles. The lowest BCUT2D eigenvalue weighted by atomic mass is 9.96. The van der Waals surface area contributed by atoms with E-state index in [-0.39, 0.29) is 11.8 Å². The number of para-hydroxylation sites is 1. The van der Waals surface area contributed by atoms with Crippen molar-refractivity contribution in [2.45, 2.75) is 6.42 Å². The van der Waals surface area contributed by atoms with Crippen molar-refractivity contribution in [3.05, 3.63) is 29.8 Å². The Morgan fingerprint density at radius 2 is 2.23 bits per heavy atom. The fourth-order valence-electron chi connectivity index (χ4n) is 1.44. The van der Waals surface area contributed by atoms with Crippen LogP contribution in [0.3, 0.4) is 0 Å². The number of benzene rings is 1. The normalized spacial score (nSPS) is 19.5. The van der Waals surface area contributed by atoms with E-state index in [9.17, 15) is 4.79 Å². The summed E-state index contributed by atoms with van der Waals surface area (Å²) in [7, 11) is 0. The molecule has 0 fully saturated rings. The molecule has 0 saturated carbocycles. The average molecular weight is 174 g/mol. The molecule has 1 aliphatic heterocycles. The van der Waals surface area contributed by atoms with E-state index >= 15 is 0 Å². The molecule has 0 radical (unpaired) electrons. The van der Waals surface area contributed by atoms with Crippen LogP contribution < -0.4 is 5.73 Å². The zero-order valence-corrected chi connectivity index (χ0v) is 7.10. The van der Waals surface area contributed by atoms with Crippen molar-refractivity contribution in [1.82, 2.24) is 0 Å². The number of nitrogens with two attached hydrogens (primary N) is 1. The zero-order chi connectivity index (χ0) is 9.26. The van der Waals surface area contributed by atoms with Gasteiger partial charge in [-0.25, -0.2) is 0 Å². The molecule has 1 aromatic rings. The number of nitrogens with zero attached hydrogens (tertiary/aromatic N) is 1. The van der Waals surface area contributed by atoms with E-state index in [0.29, 0.717) is 6.42 Å². The molecule has 2 rings (SSSR count). The number of carbonyl (C=O) groups excluding carboxylic acids is 1. The molecule has 1 heterocycles. The highest BCUT2D eigenvalue weighted by Crippen LogP contribution is 2.25. The van der Waals surface area contributed by atoms with Crippen LogP contribution in [0.5, 0.6) is 0 Å². The zero-order valence-electron chi connectivity index (χ0n) is 7.10. The lowest BCUT2D eigenvalue weighted by Gasteiger charge is -2.14. The van der Waals surface area contributed by atoms with Gasteiger partial charge >= 0.3 is 0 Å². The Bertz CT molecular complexity index is 371. The van der Waals surface area contributed by atoms with Crippen molar-refractivity contribution in [1.29, 1.82) is 0 Å². The van der Waals surface area contributed by atoms with Crippen molar-refractivity contribution in [2.75, 3.05) is 0 Å². The Balaban J connectivity index is 2.34. The molecule has 66 valence electrons. The standard InChI is InChI=1S/C10H10N2O/c11-10(13)8-5-7-3-1-2-4-9(7)12-6-8/h1-4,6,8H,5H2,(H2,11,13). The molecular weight excluding hydrogens is 164 g/mol. The topological polar surface area (TPSA) is 55.5 Å². The van der Waals surface area contributed by atoms with Crippen LogP contribution in [0.4, 0.5) is 5.69 Å². The second kappa shape index (κ2) is 3.01. The van der Waals surface area contributed by atoms with Gasteiger partial charge in [-0.3, -0.25) is 9.79 Å². The van der Waals surface area contributed by atoms with Gasteiger partial charge in [-0.1, -0.05) is 18.2 Å². The van der Waals surface area contributed by atoms with E-state index in [2.05, 4.69) is 4.99 Å². The summed E-state index contributed by atoms with van der Waals surface area (Å²) >= 11 is 0. The number of hydrogen-bond donors (Lipinski definition) is 1. The third-order valence-corrected chi connectivity index (χ3v) is 2.19. The first-order valence-corrected chi connectivity index (χ1v) is 4.19. The lowest BCUT2D eigenvalue weighted by molar-refractivity contribution is -0.119. The van der Waals surface area contributed by atoms with Crippen LogP contribution in [0, 0.1) is 5.92 Å². The van der Waals surface area contributed by atoms with Crippen LogP contribution in [0.15, 0.2) is 29.3 Å². The molecule has 1 amide bonds. The Hall–Kier alpha value is -1.64. The van der Waals surface area contributed by atoms with Gasteiger partial charge in [0.2, 0.25) is 5.91 Å². The van der Waals surface area contributed by atoms with Gasteiger partial charge < -0.3 is 5.73 Å². The fraction of sp³-hybridized carbons (Fsp3) is 0.200. The molecule has 1 unspecified atom stereocenters. The van der Waals surface area contributed by atoms with Crippen molar-refractivity contribution in [3.8, 4) is 0 Å². The van der Waals surface area contributed by atoms with E-state index in [0.717, 1.165) is 11.3 Å². The summed E-state index contributed by atoms with van der Waals surface area (Å²) < 4.78 is 0. The number of carbonyl (C=O) groups is 1. The van der Waals surface area contributed by atoms with Gasteiger partial charge in [-0.15, -0.1) is 0 Å². The highest BCUT2D eigenvalue weighted by molar-refractivity contribution is 5.94. The molecule has 3 nitrogen and oxygen atoms in total. The lowest BCUT2D eigenvalue weighted by Crippen LogP contribution is -2.27. The number of amides is 1. The Kier molecular flexibility index (Phi) is 1.85. The van der Waals surface area contributed by atoms with Crippen molar-refractivity contribution >= 4 is 17.8 Å². The molecule has 0 aromatic heterocycles. The molecule has 1 aromatic carbocycles. The summed E-state index contributed by atoms with van der Waals surface area (Å²) in [5.74, 6) is -0.548. The van der Waals surface area contributed by atoms with E-state index in [1.54, 1.807) is 6.21 Å². The monoisotopic (exact) mass is 174 g/mol. The van der Waals surface area contributed by atoms with Gasteiger partial charge in [0, 0.05) is 6.21 Å². The second-order valence-electron chi connectivity index (χ2n) is 3.12. The number of aliphatic imine (C=N–C) groups is 1. The molecule has 0 spiro atoms. The van der Waals surface area contributed by atoms with Gasteiger partial charge in [0.1, 0.15) is 0 Å². The Labute approximate surface area is 76.3 Å². The average Bonchev–Trinajstić information content (AvgIpc) is 2.17. The summed E-state index contributed by atoms with van der Waals surface area (Å²) in [6.07, 6.45) is 2.31. The van der Waals surface area contributed by atoms with Crippen molar-refractivity contribution in [2.24, 2.45) is 16.6 Å². The van der Waals surface area contributed by atoms with Gasteiger partial charge in [-0.2, -0.15) is 0 Å². The third kappa shape index (κ3) is 1.45. The van der Waals surface area contributed by atoms with E-state index in [4.69, 9.17) is 5.73 Å². The van der Waals surface area contributed by atoms with Gasteiger partial charge in [0.15, 0.2) is 0 Å². The summed E-state index contributed by atoms with van der Waals surface area (Å²) in [5, 5.41) is 0. The molecule has 2 N–H and O–H groups in total. The maximum Gasteiger partial charge on any atom is 0.226 e. The number of hydrogen-bond acceptors (Lipinski definition) is 2. The van der Waals surface area contributed by atoms with Crippen LogP contribution in [0.1, 0.15) is 5.56 Å². The SMILES string of the molecule is NC(=O)C1C=Nc2ccccc2C1. The minimum atomic E-state index is -0.307. The molecule has 13 heavy (non-hydrogen) atoms. The summed E-state index contributed by atoms with van der Waals surface area (Å²) in [6, 6.07) is 7.78.